The third-order valence-electron chi connectivity index (χ3n) is 5.95. The third kappa shape index (κ3) is 5.35. The van der Waals surface area contributed by atoms with Gasteiger partial charge in [0.2, 0.25) is 0 Å². The first-order chi connectivity index (χ1) is 15.0. The quantitative estimate of drug-likeness (QED) is 0.521. The Hall–Kier alpha value is -2.63. The lowest BCUT2D eigenvalue weighted by Gasteiger charge is -2.38. The first kappa shape index (κ1) is 21.6. The second-order valence-corrected chi connectivity index (χ2v) is 8.00. The summed E-state index contributed by atoms with van der Waals surface area (Å²) in [6.07, 6.45) is -3.45. The minimum atomic E-state index is -4.32. The molecule has 1 N–H and O–H groups in total. The van der Waals surface area contributed by atoms with Gasteiger partial charge in [0.15, 0.2) is 0 Å². The number of hydrogen-bond donors (Lipinski definition) is 1. The van der Waals surface area contributed by atoms with E-state index in [1.165, 1.54) is 23.3 Å². The molecule has 1 saturated heterocycles. The van der Waals surface area contributed by atoms with Crippen LogP contribution in [0.15, 0.2) is 84.9 Å². The second kappa shape index (κ2) is 9.67. The number of piperidine rings is 1. The fourth-order valence-corrected chi connectivity index (χ4v) is 4.40. The second-order valence-electron chi connectivity index (χ2n) is 8.00. The van der Waals surface area contributed by atoms with Crippen LogP contribution in [0.3, 0.4) is 0 Å². The van der Waals surface area contributed by atoms with Crippen LogP contribution in [0.25, 0.3) is 0 Å². The summed E-state index contributed by atoms with van der Waals surface area (Å²) in [5.41, 5.74) is 2.60. The van der Waals surface area contributed by atoms with Gasteiger partial charge in [-0.15, -0.1) is 0 Å². The fourth-order valence-electron chi connectivity index (χ4n) is 4.40. The average molecular weight is 425 g/mol. The molecule has 0 unspecified atom stereocenters. The lowest BCUT2D eigenvalue weighted by atomic mass is 9.76. The molecule has 1 fully saturated rings. The summed E-state index contributed by atoms with van der Waals surface area (Å²) in [6, 6.07) is 26.1. The molecule has 1 aliphatic rings. The molecule has 0 spiro atoms. The molecule has 162 valence electrons. The van der Waals surface area contributed by atoms with E-state index < -0.39 is 11.7 Å². The molecule has 0 aliphatic carbocycles. The summed E-state index contributed by atoms with van der Waals surface area (Å²) in [5.74, 6) is 0.390. The van der Waals surface area contributed by atoms with Gasteiger partial charge < -0.3 is 10.1 Å². The standard InChI is InChI=1S/C26H26F3NO/c27-26(28,29)22-13-11-19(12-14-22)18-31-24-15-16-30-17-23(24)25(20-7-3-1-4-8-20)21-9-5-2-6-10-21/h1-14,23-25,30H,15-18H2/t23-,24+/m0/s1. The van der Waals surface area contributed by atoms with Gasteiger partial charge in [0.05, 0.1) is 18.3 Å². The zero-order valence-corrected chi connectivity index (χ0v) is 17.2. The van der Waals surface area contributed by atoms with Crippen molar-refractivity contribution in [3.8, 4) is 0 Å². The highest BCUT2D eigenvalue weighted by Crippen LogP contribution is 2.37. The SMILES string of the molecule is FC(F)(F)c1ccc(CO[C@@H]2CCNC[C@@H]2C(c2ccccc2)c2ccccc2)cc1. The van der Waals surface area contributed by atoms with Crippen molar-refractivity contribution in [2.75, 3.05) is 13.1 Å². The number of alkyl halides is 3. The molecular weight excluding hydrogens is 399 g/mol. The summed E-state index contributed by atoms with van der Waals surface area (Å²) in [7, 11) is 0. The molecule has 0 radical (unpaired) electrons. The van der Waals surface area contributed by atoms with Crippen molar-refractivity contribution in [1.29, 1.82) is 0 Å². The molecule has 5 heteroatoms. The van der Waals surface area contributed by atoms with Crippen molar-refractivity contribution in [2.45, 2.75) is 31.2 Å². The molecule has 0 bridgehead atoms. The van der Waals surface area contributed by atoms with E-state index >= 15 is 0 Å². The molecule has 3 aromatic rings. The Morgan fingerprint density at radius 1 is 0.839 bits per heavy atom. The van der Waals surface area contributed by atoms with E-state index in [1.807, 2.05) is 12.1 Å². The first-order valence-corrected chi connectivity index (χ1v) is 10.6. The van der Waals surface area contributed by atoms with E-state index in [0.717, 1.165) is 37.2 Å². The molecule has 3 aromatic carbocycles. The van der Waals surface area contributed by atoms with Gasteiger partial charge in [-0.05, 0) is 41.8 Å². The van der Waals surface area contributed by atoms with Crippen LogP contribution in [0.1, 0.15) is 34.6 Å². The van der Waals surface area contributed by atoms with E-state index in [2.05, 4.69) is 53.8 Å². The molecule has 1 heterocycles. The van der Waals surface area contributed by atoms with Crippen LogP contribution in [-0.4, -0.2) is 19.2 Å². The number of hydrogen-bond acceptors (Lipinski definition) is 2. The van der Waals surface area contributed by atoms with Crippen molar-refractivity contribution in [1.82, 2.24) is 5.32 Å². The maximum Gasteiger partial charge on any atom is 0.416 e. The Morgan fingerprint density at radius 3 is 1.97 bits per heavy atom. The first-order valence-electron chi connectivity index (χ1n) is 10.6. The van der Waals surface area contributed by atoms with Crippen LogP contribution >= 0.6 is 0 Å². The zero-order valence-electron chi connectivity index (χ0n) is 17.2. The highest BCUT2D eigenvalue weighted by molar-refractivity contribution is 5.34. The van der Waals surface area contributed by atoms with Gasteiger partial charge in [-0.1, -0.05) is 72.8 Å². The molecule has 0 saturated carbocycles. The molecule has 4 rings (SSSR count). The highest BCUT2D eigenvalue weighted by Gasteiger charge is 2.34. The number of benzene rings is 3. The molecule has 0 amide bonds. The predicted molar refractivity (Wildman–Crippen MR) is 116 cm³/mol. The maximum atomic E-state index is 12.8. The summed E-state index contributed by atoms with van der Waals surface area (Å²) in [4.78, 5) is 0. The Labute approximate surface area is 181 Å². The zero-order chi connectivity index (χ0) is 21.7. The van der Waals surface area contributed by atoms with Gasteiger partial charge >= 0.3 is 6.18 Å². The maximum absolute atomic E-state index is 12.8. The van der Waals surface area contributed by atoms with Crippen LogP contribution in [0.4, 0.5) is 13.2 Å². The van der Waals surface area contributed by atoms with E-state index in [9.17, 15) is 13.2 Å². The predicted octanol–water partition coefficient (Wildman–Crippen LogP) is 6.03. The molecule has 2 nitrogen and oxygen atoms in total. The molecular formula is C26H26F3NO. The topological polar surface area (TPSA) is 21.3 Å². The van der Waals surface area contributed by atoms with Gasteiger partial charge in [-0.3, -0.25) is 0 Å². The van der Waals surface area contributed by atoms with Crippen LogP contribution in [0.2, 0.25) is 0 Å². The monoisotopic (exact) mass is 425 g/mol. The molecule has 1 aliphatic heterocycles. The lowest BCUT2D eigenvalue weighted by molar-refractivity contribution is -0.137. The molecule has 2 atom stereocenters. The number of halogens is 3. The molecule has 0 aromatic heterocycles. The van der Waals surface area contributed by atoms with Gasteiger partial charge in [-0.25, -0.2) is 0 Å². The summed E-state index contributed by atoms with van der Waals surface area (Å²) < 4.78 is 44.8. The van der Waals surface area contributed by atoms with Crippen molar-refractivity contribution in [3.05, 3.63) is 107 Å². The highest BCUT2D eigenvalue weighted by atomic mass is 19.4. The summed E-state index contributed by atoms with van der Waals surface area (Å²) >= 11 is 0. The Kier molecular flexibility index (Phi) is 6.73. The van der Waals surface area contributed by atoms with Gasteiger partial charge in [-0.2, -0.15) is 13.2 Å². The van der Waals surface area contributed by atoms with Gasteiger partial charge in [0.1, 0.15) is 0 Å². The van der Waals surface area contributed by atoms with E-state index in [0.29, 0.717) is 6.61 Å². The normalized spacial score (nSPS) is 19.5. The minimum absolute atomic E-state index is 0.00829. The smallest absolute Gasteiger partial charge is 0.373 e. The average Bonchev–Trinajstić information content (AvgIpc) is 2.80. The van der Waals surface area contributed by atoms with E-state index in [1.54, 1.807) is 0 Å². The van der Waals surface area contributed by atoms with Crippen molar-refractivity contribution < 1.29 is 17.9 Å². The van der Waals surface area contributed by atoms with Gasteiger partial charge in [0.25, 0.3) is 0 Å². The van der Waals surface area contributed by atoms with Gasteiger partial charge in [0, 0.05) is 18.4 Å². The third-order valence-corrected chi connectivity index (χ3v) is 5.95. The van der Waals surface area contributed by atoms with Crippen molar-refractivity contribution in [3.63, 3.8) is 0 Å². The van der Waals surface area contributed by atoms with Crippen LogP contribution in [-0.2, 0) is 17.5 Å². The Bertz CT molecular complexity index is 902. The van der Waals surface area contributed by atoms with Crippen LogP contribution in [0.5, 0.6) is 0 Å². The summed E-state index contributed by atoms with van der Waals surface area (Å²) in [6.45, 7) is 1.99. The van der Waals surface area contributed by atoms with E-state index in [4.69, 9.17) is 4.74 Å². The molecule has 31 heavy (non-hydrogen) atoms. The Balaban J connectivity index is 1.54. The lowest BCUT2D eigenvalue weighted by Crippen LogP contribution is -2.44. The minimum Gasteiger partial charge on any atom is -0.373 e. The van der Waals surface area contributed by atoms with E-state index in [-0.39, 0.29) is 17.9 Å². The number of rotatable bonds is 6. The largest absolute Gasteiger partial charge is 0.416 e. The Morgan fingerprint density at radius 2 is 1.42 bits per heavy atom. The van der Waals surface area contributed by atoms with Crippen LogP contribution < -0.4 is 5.32 Å². The number of nitrogens with one attached hydrogen (secondary N) is 1. The summed E-state index contributed by atoms with van der Waals surface area (Å²) in [5, 5.41) is 3.50. The van der Waals surface area contributed by atoms with Crippen molar-refractivity contribution >= 4 is 0 Å². The van der Waals surface area contributed by atoms with Crippen LogP contribution in [0, 0.1) is 5.92 Å². The fraction of sp³-hybridized carbons (Fsp3) is 0.308. The van der Waals surface area contributed by atoms with Crippen molar-refractivity contribution in [2.24, 2.45) is 5.92 Å². The number of ether oxygens (including phenoxy) is 1.